The van der Waals surface area contributed by atoms with Crippen molar-refractivity contribution in [2.24, 2.45) is 0 Å². The quantitative estimate of drug-likeness (QED) is 0.844. The number of hydrogen-bond acceptors (Lipinski definition) is 2. The standard InChI is InChI=1S/C16H17NOS/c1-13-7-5-6-8-14(13)11-17-16(18)12-19-15-9-3-2-4-10-15/h2-10H,11-12H2,1H3,(H,17,18). The van der Waals surface area contributed by atoms with Crippen molar-refractivity contribution in [1.82, 2.24) is 5.32 Å². The smallest absolute Gasteiger partial charge is 0.230 e. The first-order chi connectivity index (χ1) is 9.25. The van der Waals surface area contributed by atoms with Crippen LogP contribution < -0.4 is 5.32 Å². The van der Waals surface area contributed by atoms with Gasteiger partial charge in [0.25, 0.3) is 0 Å². The molecule has 2 aromatic carbocycles. The summed E-state index contributed by atoms with van der Waals surface area (Å²) >= 11 is 1.56. The van der Waals surface area contributed by atoms with E-state index in [9.17, 15) is 4.79 Å². The molecule has 0 saturated carbocycles. The normalized spacial score (nSPS) is 10.2. The van der Waals surface area contributed by atoms with Crippen LogP contribution in [0.25, 0.3) is 0 Å². The highest BCUT2D eigenvalue weighted by Crippen LogP contribution is 2.16. The Balaban J connectivity index is 1.78. The van der Waals surface area contributed by atoms with E-state index in [1.807, 2.05) is 48.5 Å². The Morgan fingerprint density at radius 1 is 1.05 bits per heavy atom. The molecule has 1 N–H and O–H groups in total. The fraction of sp³-hybridized carbons (Fsp3) is 0.188. The van der Waals surface area contributed by atoms with Crippen LogP contribution >= 0.6 is 11.8 Å². The van der Waals surface area contributed by atoms with Crippen LogP contribution in [-0.4, -0.2) is 11.7 Å². The van der Waals surface area contributed by atoms with Gasteiger partial charge >= 0.3 is 0 Å². The van der Waals surface area contributed by atoms with Gasteiger partial charge in [-0.1, -0.05) is 42.5 Å². The van der Waals surface area contributed by atoms with E-state index in [0.717, 1.165) is 4.90 Å². The van der Waals surface area contributed by atoms with Gasteiger partial charge in [0.2, 0.25) is 5.91 Å². The average Bonchev–Trinajstić information content (AvgIpc) is 2.45. The molecule has 1 amide bonds. The second-order valence-corrected chi connectivity index (χ2v) is 5.35. The lowest BCUT2D eigenvalue weighted by molar-refractivity contribution is -0.118. The molecule has 0 heterocycles. The summed E-state index contributed by atoms with van der Waals surface area (Å²) in [4.78, 5) is 12.9. The predicted molar refractivity (Wildman–Crippen MR) is 80.2 cm³/mol. The summed E-state index contributed by atoms with van der Waals surface area (Å²) in [6, 6.07) is 18.1. The van der Waals surface area contributed by atoms with Gasteiger partial charge in [-0.25, -0.2) is 0 Å². The molecule has 0 atom stereocenters. The summed E-state index contributed by atoms with van der Waals surface area (Å²) in [6.07, 6.45) is 0. The van der Waals surface area contributed by atoms with E-state index in [2.05, 4.69) is 18.3 Å². The Morgan fingerprint density at radius 3 is 2.47 bits per heavy atom. The summed E-state index contributed by atoms with van der Waals surface area (Å²) in [7, 11) is 0. The summed E-state index contributed by atoms with van der Waals surface area (Å²) in [6.45, 7) is 2.65. The fourth-order valence-electron chi connectivity index (χ4n) is 1.72. The third-order valence-corrected chi connectivity index (χ3v) is 3.86. The van der Waals surface area contributed by atoms with E-state index in [1.165, 1.54) is 11.1 Å². The summed E-state index contributed by atoms with van der Waals surface area (Å²) in [5.41, 5.74) is 2.37. The number of hydrogen-bond donors (Lipinski definition) is 1. The number of thioether (sulfide) groups is 1. The molecule has 0 saturated heterocycles. The van der Waals surface area contributed by atoms with Crippen LogP contribution in [0.15, 0.2) is 59.5 Å². The fourth-order valence-corrected chi connectivity index (χ4v) is 2.47. The van der Waals surface area contributed by atoms with Gasteiger partial charge in [0.05, 0.1) is 5.75 Å². The molecule has 0 radical (unpaired) electrons. The lowest BCUT2D eigenvalue weighted by Gasteiger charge is -2.07. The molecule has 2 nitrogen and oxygen atoms in total. The molecule has 2 aromatic rings. The zero-order chi connectivity index (χ0) is 13.5. The molecule has 2 rings (SSSR count). The molecule has 0 aromatic heterocycles. The van der Waals surface area contributed by atoms with Crippen LogP contribution in [0.1, 0.15) is 11.1 Å². The maximum atomic E-state index is 11.8. The van der Waals surface area contributed by atoms with Crippen molar-refractivity contribution in [1.29, 1.82) is 0 Å². The van der Waals surface area contributed by atoms with Gasteiger partial charge in [0.1, 0.15) is 0 Å². The van der Waals surface area contributed by atoms with Crippen LogP contribution in [0.3, 0.4) is 0 Å². The average molecular weight is 271 g/mol. The summed E-state index contributed by atoms with van der Waals surface area (Å²) in [5, 5.41) is 2.95. The number of carbonyl (C=O) groups is 1. The van der Waals surface area contributed by atoms with Crippen molar-refractivity contribution in [3.63, 3.8) is 0 Å². The second-order valence-electron chi connectivity index (χ2n) is 4.30. The van der Waals surface area contributed by atoms with Crippen molar-refractivity contribution in [3.05, 3.63) is 65.7 Å². The lowest BCUT2D eigenvalue weighted by Crippen LogP contribution is -2.24. The van der Waals surface area contributed by atoms with Crippen LogP contribution in [-0.2, 0) is 11.3 Å². The van der Waals surface area contributed by atoms with Gasteiger partial charge in [-0.2, -0.15) is 0 Å². The molecule has 0 aliphatic heterocycles. The molecule has 98 valence electrons. The van der Waals surface area contributed by atoms with E-state index in [0.29, 0.717) is 12.3 Å². The predicted octanol–water partition coefficient (Wildman–Crippen LogP) is 3.40. The van der Waals surface area contributed by atoms with E-state index < -0.39 is 0 Å². The van der Waals surface area contributed by atoms with Crippen LogP contribution in [0.4, 0.5) is 0 Å². The van der Waals surface area contributed by atoms with E-state index >= 15 is 0 Å². The maximum absolute atomic E-state index is 11.8. The summed E-state index contributed by atoms with van der Waals surface area (Å²) < 4.78 is 0. The van der Waals surface area contributed by atoms with Gasteiger partial charge in [-0.15, -0.1) is 11.8 Å². The third kappa shape index (κ3) is 4.45. The van der Waals surface area contributed by atoms with Crippen LogP contribution in [0.2, 0.25) is 0 Å². The first kappa shape index (κ1) is 13.7. The van der Waals surface area contributed by atoms with Crippen LogP contribution in [0, 0.1) is 6.92 Å². The van der Waals surface area contributed by atoms with Crippen molar-refractivity contribution in [3.8, 4) is 0 Å². The monoisotopic (exact) mass is 271 g/mol. The van der Waals surface area contributed by atoms with Gasteiger partial charge in [-0.05, 0) is 30.2 Å². The highest BCUT2D eigenvalue weighted by Gasteiger charge is 2.03. The number of benzene rings is 2. The first-order valence-corrected chi connectivity index (χ1v) is 7.23. The van der Waals surface area contributed by atoms with Crippen molar-refractivity contribution < 1.29 is 4.79 Å². The van der Waals surface area contributed by atoms with Gasteiger partial charge < -0.3 is 5.32 Å². The van der Waals surface area contributed by atoms with Gasteiger partial charge in [-0.3, -0.25) is 4.79 Å². The Kier molecular flexibility index (Phi) is 5.04. The third-order valence-electron chi connectivity index (χ3n) is 2.85. The Morgan fingerprint density at radius 2 is 1.74 bits per heavy atom. The minimum Gasteiger partial charge on any atom is -0.351 e. The van der Waals surface area contributed by atoms with Crippen LogP contribution in [0.5, 0.6) is 0 Å². The van der Waals surface area contributed by atoms with Gasteiger partial charge in [0.15, 0.2) is 0 Å². The highest BCUT2D eigenvalue weighted by atomic mass is 32.2. The number of rotatable bonds is 5. The Bertz CT molecular complexity index is 539. The molecule has 0 fully saturated rings. The number of nitrogens with one attached hydrogen (secondary N) is 1. The molecule has 19 heavy (non-hydrogen) atoms. The summed E-state index contributed by atoms with van der Waals surface area (Å²) in [5.74, 6) is 0.521. The van der Waals surface area contributed by atoms with E-state index in [4.69, 9.17) is 0 Å². The van der Waals surface area contributed by atoms with Crippen molar-refractivity contribution in [2.75, 3.05) is 5.75 Å². The number of carbonyl (C=O) groups excluding carboxylic acids is 1. The SMILES string of the molecule is Cc1ccccc1CNC(=O)CSc1ccccc1. The zero-order valence-electron chi connectivity index (χ0n) is 10.9. The first-order valence-electron chi connectivity index (χ1n) is 6.25. The maximum Gasteiger partial charge on any atom is 0.230 e. The minimum atomic E-state index is 0.0668. The second kappa shape index (κ2) is 7.00. The Labute approximate surface area is 118 Å². The lowest BCUT2D eigenvalue weighted by atomic mass is 10.1. The molecule has 3 heteroatoms. The minimum absolute atomic E-state index is 0.0668. The Hall–Kier alpha value is -1.74. The van der Waals surface area contributed by atoms with Gasteiger partial charge in [0, 0.05) is 11.4 Å². The number of aryl methyl sites for hydroxylation is 1. The molecular weight excluding hydrogens is 254 g/mol. The molecular formula is C16H17NOS. The zero-order valence-corrected chi connectivity index (χ0v) is 11.7. The van der Waals surface area contributed by atoms with Crippen molar-refractivity contribution >= 4 is 17.7 Å². The molecule has 0 aliphatic rings. The van der Waals surface area contributed by atoms with E-state index in [1.54, 1.807) is 11.8 Å². The van der Waals surface area contributed by atoms with Crippen molar-refractivity contribution in [2.45, 2.75) is 18.4 Å². The molecule has 0 spiro atoms. The molecule has 0 aliphatic carbocycles. The topological polar surface area (TPSA) is 29.1 Å². The number of amides is 1. The van der Waals surface area contributed by atoms with E-state index in [-0.39, 0.29) is 5.91 Å². The largest absolute Gasteiger partial charge is 0.351 e. The molecule has 0 bridgehead atoms. The highest BCUT2D eigenvalue weighted by molar-refractivity contribution is 8.00. The molecule has 0 unspecified atom stereocenters.